The quantitative estimate of drug-likeness (QED) is 0.240. The van der Waals surface area contributed by atoms with Crippen LogP contribution in [0.3, 0.4) is 0 Å². The van der Waals surface area contributed by atoms with E-state index in [1.807, 2.05) is 0 Å². The summed E-state index contributed by atoms with van der Waals surface area (Å²) in [5.74, 6) is -1.78. The van der Waals surface area contributed by atoms with Crippen molar-refractivity contribution >= 4 is 57.9 Å². The summed E-state index contributed by atoms with van der Waals surface area (Å²) in [4.78, 5) is 11.8. The predicted octanol–water partition coefficient (Wildman–Crippen LogP) is 5.14. The third kappa shape index (κ3) is 8.42. The Bertz CT molecular complexity index is 1450. The molecule has 8 nitrogen and oxygen atoms in total. The second-order valence-corrected chi connectivity index (χ2v) is 13.9. The van der Waals surface area contributed by atoms with Crippen molar-refractivity contribution in [2.75, 3.05) is 6.54 Å². The Morgan fingerprint density at radius 1 is 0.842 bits per heavy atom. The molecule has 0 aliphatic rings. The molecule has 0 spiro atoms. The van der Waals surface area contributed by atoms with E-state index in [1.165, 1.54) is 65.0 Å². The highest BCUT2D eigenvalue weighted by Gasteiger charge is 2.27. The molecule has 0 aromatic heterocycles. The molecule has 0 aliphatic heterocycles. The van der Waals surface area contributed by atoms with Gasteiger partial charge in [0.25, 0.3) is 0 Å². The van der Waals surface area contributed by atoms with Crippen molar-refractivity contribution in [1.82, 2.24) is 9.03 Å². The monoisotopic (exact) mass is 690 g/mol. The number of rotatable bonds is 13. The topological polar surface area (TPSA) is 121 Å². The maximum absolute atomic E-state index is 13.4. The highest BCUT2D eigenvalue weighted by molar-refractivity contribution is 9.10. The van der Waals surface area contributed by atoms with E-state index in [1.54, 1.807) is 12.1 Å². The molecule has 3 aromatic carbocycles. The van der Waals surface area contributed by atoms with Gasteiger partial charge in [-0.25, -0.2) is 21.2 Å². The molecule has 1 atom stereocenters. The minimum Gasteiger partial charge on any atom is -0.480 e. The first-order valence-corrected chi connectivity index (χ1v) is 15.9. The van der Waals surface area contributed by atoms with E-state index in [0.29, 0.717) is 14.5 Å². The number of unbranched alkanes of at least 4 members (excludes halogenated alkanes) is 1. The van der Waals surface area contributed by atoms with Crippen LogP contribution in [-0.4, -0.2) is 44.8 Å². The molecular weight excluding hydrogens is 667 g/mol. The number of benzene rings is 3. The van der Waals surface area contributed by atoms with Crippen molar-refractivity contribution in [3.63, 3.8) is 0 Å². The van der Waals surface area contributed by atoms with Gasteiger partial charge in [0.1, 0.15) is 11.9 Å². The van der Waals surface area contributed by atoms with E-state index in [2.05, 4.69) is 36.6 Å². The first-order valence-electron chi connectivity index (χ1n) is 11.4. The lowest BCUT2D eigenvalue weighted by Gasteiger charge is -2.23. The number of carboxylic acid groups (broad SMARTS) is 1. The zero-order valence-corrected chi connectivity index (χ0v) is 24.7. The highest BCUT2D eigenvalue weighted by Crippen LogP contribution is 2.22. The first-order chi connectivity index (χ1) is 17.9. The van der Waals surface area contributed by atoms with Crippen molar-refractivity contribution in [3.05, 3.63) is 93.1 Å². The number of aliphatic carboxylic acids is 1. The number of halogens is 3. The summed E-state index contributed by atoms with van der Waals surface area (Å²) in [6, 6.07) is 16.0. The summed E-state index contributed by atoms with van der Waals surface area (Å²) < 4.78 is 70.2. The standard InChI is InChI=1S/C25H25Br2FN2O6S2/c26-19-6-12-22(13-7-19)37(33,34)29-24(25(31)32)3-1-2-16-30(17-18-4-10-21(28)11-5-18)38(35,36)23-14-8-20(27)9-15-23/h4-15,24,29H,1-3,16-17H2,(H,31,32)/t24-/m0/s1. The Hall–Kier alpha value is -2.16. The molecule has 0 fully saturated rings. The molecule has 0 saturated heterocycles. The van der Waals surface area contributed by atoms with Gasteiger partial charge in [0.05, 0.1) is 9.79 Å². The lowest BCUT2D eigenvalue weighted by atomic mass is 10.1. The molecule has 13 heteroatoms. The van der Waals surface area contributed by atoms with Gasteiger partial charge in [0.15, 0.2) is 0 Å². The van der Waals surface area contributed by atoms with Gasteiger partial charge in [-0.2, -0.15) is 9.03 Å². The molecule has 2 N–H and O–H groups in total. The summed E-state index contributed by atoms with van der Waals surface area (Å²) in [5.41, 5.74) is 0.581. The van der Waals surface area contributed by atoms with Crippen molar-refractivity contribution in [2.45, 2.75) is 41.6 Å². The molecule has 0 unspecified atom stereocenters. The zero-order chi connectivity index (χ0) is 27.9. The number of hydrogen-bond acceptors (Lipinski definition) is 5. The maximum atomic E-state index is 13.4. The van der Waals surface area contributed by atoms with Gasteiger partial charge in [-0.1, -0.05) is 44.0 Å². The number of carbonyl (C=O) groups is 1. The van der Waals surface area contributed by atoms with Crippen molar-refractivity contribution in [3.8, 4) is 0 Å². The van der Waals surface area contributed by atoms with Crippen LogP contribution in [0.2, 0.25) is 0 Å². The zero-order valence-electron chi connectivity index (χ0n) is 19.9. The molecule has 0 saturated carbocycles. The van der Waals surface area contributed by atoms with Crippen LogP contribution in [0.4, 0.5) is 4.39 Å². The summed E-state index contributed by atoms with van der Waals surface area (Å²) >= 11 is 6.50. The van der Waals surface area contributed by atoms with Crippen LogP contribution in [0.1, 0.15) is 24.8 Å². The molecule has 0 radical (unpaired) electrons. The molecule has 0 heterocycles. The maximum Gasteiger partial charge on any atom is 0.321 e. The molecule has 204 valence electrons. The molecule has 0 amide bonds. The first kappa shape index (κ1) is 30.4. The number of carboxylic acids is 1. The molecule has 0 aliphatic carbocycles. The van der Waals surface area contributed by atoms with Gasteiger partial charge in [-0.05, 0) is 85.5 Å². The van der Waals surface area contributed by atoms with Crippen LogP contribution in [0.25, 0.3) is 0 Å². The highest BCUT2D eigenvalue weighted by atomic mass is 79.9. The summed E-state index contributed by atoms with van der Waals surface area (Å²) in [6.45, 7) is 0.0266. The van der Waals surface area contributed by atoms with E-state index < -0.39 is 37.9 Å². The summed E-state index contributed by atoms with van der Waals surface area (Å²) in [7, 11) is -8.00. The largest absolute Gasteiger partial charge is 0.480 e. The van der Waals surface area contributed by atoms with E-state index in [0.717, 1.165) is 0 Å². The molecule has 0 bridgehead atoms. The minimum atomic E-state index is -4.07. The molecule has 38 heavy (non-hydrogen) atoms. The third-order valence-corrected chi connectivity index (χ3v) is 10.00. The SMILES string of the molecule is O=C(O)[C@H](CCCCN(Cc1ccc(F)cc1)S(=O)(=O)c1ccc(Br)cc1)NS(=O)(=O)c1ccc(Br)cc1. The van der Waals surface area contributed by atoms with E-state index in [4.69, 9.17) is 0 Å². The van der Waals surface area contributed by atoms with Crippen LogP contribution in [-0.2, 0) is 31.4 Å². The Balaban J connectivity index is 1.70. The molecular formula is C25H25Br2FN2O6S2. The summed E-state index contributed by atoms with van der Waals surface area (Å²) in [6.07, 6.45) is 0.449. The van der Waals surface area contributed by atoms with Gasteiger partial charge in [0.2, 0.25) is 20.0 Å². The Kier molecular flexibility index (Phi) is 10.6. The average Bonchev–Trinajstić information content (AvgIpc) is 2.86. The van der Waals surface area contributed by atoms with E-state index >= 15 is 0 Å². The van der Waals surface area contributed by atoms with Gasteiger partial charge < -0.3 is 5.11 Å². The van der Waals surface area contributed by atoms with Crippen LogP contribution in [0, 0.1) is 5.82 Å². The number of hydrogen-bond donors (Lipinski definition) is 2. The Labute approximate surface area is 238 Å². The number of sulfonamides is 2. The third-order valence-electron chi connectivity index (χ3n) is 5.59. The van der Waals surface area contributed by atoms with Crippen LogP contribution in [0.5, 0.6) is 0 Å². The van der Waals surface area contributed by atoms with Crippen LogP contribution < -0.4 is 4.72 Å². The van der Waals surface area contributed by atoms with Gasteiger partial charge in [-0.15, -0.1) is 0 Å². The smallest absolute Gasteiger partial charge is 0.321 e. The lowest BCUT2D eigenvalue weighted by molar-refractivity contribution is -0.139. The van der Waals surface area contributed by atoms with E-state index in [-0.39, 0.29) is 42.1 Å². The van der Waals surface area contributed by atoms with Crippen LogP contribution in [0.15, 0.2) is 91.5 Å². The van der Waals surface area contributed by atoms with E-state index in [9.17, 15) is 31.1 Å². The Morgan fingerprint density at radius 3 is 1.89 bits per heavy atom. The average molecular weight is 692 g/mol. The fourth-order valence-corrected chi connectivity index (χ4v) is 6.79. The summed E-state index contributed by atoms with van der Waals surface area (Å²) in [5, 5.41) is 9.58. The van der Waals surface area contributed by atoms with Crippen molar-refractivity contribution in [1.29, 1.82) is 0 Å². The molecule has 3 rings (SSSR count). The minimum absolute atomic E-state index is 0.0166. The fraction of sp³-hybridized carbons (Fsp3) is 0.240. The predicted molar refractivity (Wildman–Crippen MR) is 148 cm³/mol. The normalized spacial score (nSPS) is 12.9. The fourth-order valence-electron chi connectivity index (χ4n) is 3.57. The number of nitrogens with zero attached hydrogens (tertiary/aromatic N) is 1. The van der Waals surface area contributed by atoms with Gasteiger partial charge in [-0.3, -0.25) is 4.79 Å². The van der Waals surface area contributed by atoms with Gasteiger partial charge in [0, 0.05) is 22.0 Å². The number of nitrogens with one attached hydrogen (secondary N) is 1. The second kappa shape index (κ2) is 13.3. The molecule has 3 aromatic rings. The Morgan fingerprint density at radius 2 is 1.37 bits per heavy atom. The van der Waals surface area contributed by atoms with Crippen LogP contribution >= 0.6 is 31.9 Å². The second-order valence-electron chi connectivity index (χ2n) is 8.38. The van der Waals surface area contributed by atoms with Crippen molar-refractivity contribution in [2.24, 2.45) is 0 Å². The van der Waals surface area contributed by atoms with Crippen molar-refractivity contribution < 1.29 is 31.1 Å². The van der Waals surface area contributed by atoms with Gasteiger partial charge >= 0.3 is 5.97 Å². The lowest BCUT2D eigenvalue weighted by Crippen LogP contribution is -2.40.